The number of aromatic nitrogens is 3. The minimum Gasteiger partial charge on any atom is -0.342 e. The van der Waals surface area contributed by atoms with Gasteiger partial charge in [0.1, 0.15) is 0 Å². The number of amides is 1. The largest absolute Gasteiger partial charge is 0.342 e. The second-order valence-corrected chi connectivity index (χ2v) is 6.80. The van der Waals surface area contributed by atoms with Gasteiger partial charge >= 0.3 is 0 Å². The van der Waals surface area contributed by atoms with E-state index in [9.17, 15) is 4.79 Å². The normalized spacial score (nSPS) is 18.9. The molecule has 5 nitrogen and oxygen atoms in total. The molecule has 1 aliphatic rings. The van der Waals surface area contributed by atoms with Crippen LogP contribution in [0.4, 0.5) is 0 Å². The molecule has 1 unspecified atom stereocenters. The number of aryl methyl sites for hydroxylation is 2. The van der Waals surface area contributed by atoms with Crippen molar-refractivity contribution in [2.24, 2.45) is 0 Å². The van der Waals surface area contributed by atoms with E-state index < -0.39 is 0 Å². The third-order valence-electron chi connectivity index (χ3n) is 3.91. The zero-order chi connectivity index (χ0) is 14.7. The summed E-state index contributed by atoms with van der Waals surface area (Å²) in [4.78, 5) is 24.1. The Morgan fingerprint density at radius 3 is 3.14 bits per heavy atom. The topological polar surface area (TPSA) is 51.0 Å². The zero-order valence-corrected chi connectivity index (χ0v) is 13.1. The van der Waals surface area contributed by atoms with Gasteiger partial charge in [-0.25, -0.2) is 9.97 Å². The molecule has 1 atom stereocenters. The first-order valence-electron chi connectivity index (χ1n) is 7.38. The standard InChI is InChI=1S/C15H20N4OS/c1-12-9-17-15(21-12)13-3-2-6-19(10-13)14(20)4-7-18-8-5-16-11-18/h5,8-9,11,13H,2-4,6-7,10H2,1H3. The Bertz CT molecular complexity index is 593. The number of thiazole rings is 1. The molecular formula is C15H20N4OS. The van der Waals surface area contributed by atoms with Gasteiger partial charge in [0.2, 0.25) is 5.91 Å². The lowest BCUT2D eigenvalue weighted by Gasteiger charge is -2.32. The maximum atomic E-state index is 12.4. The molecule has 0 bridgehead atoms. The number of imidazole rings is 1. The van der Waals surface area contributed by atoms with Crippen molar-refractivity contribution in [2.45, 2.75) is 38.6 Å². The van der Waals surface area contributed by atoms with E-state index in [2.05, 4.69) is 16.9 Å². The highest BCUT2D eigenvalue weighted by Crippen LogP contribution is 2.29. The van der Waals surface area contributed by atoms with Crippen molar-refractivity contribution in [3.8, 4) is 0 Å². The monoisotopic (exact) mass is 304 g/mol. The smallest absolute Gasteiger partial charge is 0.224 e. The summed E-state index contributed by atoms with van der Waals surface area (Å²) in [6.07, 6.45) is 10.1. The fourth-order valence-corrected chi connectivity index (χ4v) is 3.67. The average Bonchev–Trinajstić information content (AvgIpc) is 3.16. The number of rotatable bonds is 4. The van der Waals surface area contributed by atoms with Crippen LogP contribution in [0, 0.1) is 6.92 Å². The highest BCUT2D eigenvalue weighted by atomic mass is 32.1. The number of piperidine rings is 1. The average molecular weight is 304 g/mol. The van der Waals surface area contributed by atoms with Crippen molar-refractivity contribution >= 4 is 17.2 Å². The molecule has 1 fully saturated rings. The fraction of sp³-hybridized carbons (Fsp3) is 0.533. The van der Waals surface area contributed by atoms with Crippen molar-refractivity contribution in [1.82, 2.24) is 19.4 Å². The molecule has 2 aromatic heterocycles. The summed E-state index contributed by atoms with van der Waals surface area (Å²) >= 11 is 1.76. The van der Waals surface area contributed by atoms with Gasteiger partial charge < -0.3 is 9.47 Å². The molecule has 0 saturated carbocycles. The first-order valence-corrected chi connectivity index (χ1v) is 8.20. The number of carbonyl (C=O) groups is 1. The number of nitrogens with zero attached hydrogens (tertiary/aromatic N) is 4. The summed E-state index contributed by atoms with van der Waals surface area (Å²) in [6, 6.07) is 0. The molecule has 2 aromatic rings. The third-order valence-corrected chi connectivity index (χ3v) is 4.98. The lowest BCUT2D eigenvalue weighted by molar-refractivity contribution is -0.132. The first kappa shape index (κ1) is 14.3. The van der Waals surface area contributed by atoms with E-state index in [0.717, 1.165) is 25.9 Å². The molecule has 0 N–H and O–H groups in total. The summed E-state index contributed by atoms with van der Waals surface area (Å²) < 4.78 is 1.95. The van der Waals surface area contributed by atoms with Gasteiger partial charge in [0.25, 0.3) is 0 Å². The van der Waals surface area contributed by atoms with Gasteiger partial charge in [-0.05, 0) is 19.8 Å². The van der Waals surface area contributed by atoms with Crippen molar-refractivity contribution in [2.75, 3.05) is 13.1 Å². The predicted octanol–water partition coefficient (Wildman–Crippen LogP) is 2.44. The molecule has 1 amide bonds. The van der Waals surface area contributed by atoms with E-state index >= 15 is 0 Å². The minimum atomic E-state index is 0.238. The van der Waals surface area contributed by atoms with E-state index in [-0.39, 0.29) is 5.91 Å². The Hall–Kier alpha value is -1.69. The van der Waals surface area contributed by atoms with Crippen LogP contribution in [-0.4, -0.2) is 38.4 Å². The van der Waals surface area contributed by atoms with Gasteiger partial charge in [0.05, 0.1) is 11.3 Å². The second-order valence-electron chi connectivity index (χ2n) is 5.54. The highest BCUT2D eigenvalue weighted by molar-refractivity contribution is 7.11. The quantitative estimate of drug-likeness (QED) is 0.872. The molecule has 3 rings (SSSR count). The Labute approximate surface area is 128 Å². The van der Waals surface area contributed by atoms with Crippen LogP contribution in [0.1, 0.15) is 35.1 Å². The summed E-state index contributed by atoms with van der Waals surface area (Å²) in [5.74, 6) is 0.649. The van der Waals surface area contributed by atoms with Gasteiger partial charge in [-0.1, -0.05) is 0 Å². The minimum absolute atomic E-state index is 0.238. The van der Waals surface area contributed by atoms with Crippen molar-refractivity contribution < 1.29 is 4.79 Å². The van der Waals surface area contributed by atoms with Crippen LogP contribution in [-0.2, 0) is 11.3 Å². The van der Waals surface area contributed by atoms with Crippen LogP contribution in [0.25, 0.3) is 0 Å². The van der Waals surface area contributed by atoms with Crippen LogP contribution < -0.4 is 0 Å². The van der Waals surface area contributed by atoms with E-state index in [1.807, 2.05) is 21.9 Å². The van der Waals surface area contributed by atoms with E-state index in [4.69, 9.17) is 0 Å². The number of carbonyl (C=O) groups excluding carboxylic acids is 1. The Kier molecular flexibility index (Phi) is 4.34. The highest BCUT2D eigenvalue weighted by Gasteiger charge is 2.26. The van der Waals surface area contributed by atoms with Gasteiger partial charge in [0.15, 0.2) is 0 Å². The predicted molar refractivity (Wildman–Crippen MR) is 82.3 cm³/mol. The zero-order valence-electron chi connectivity index (χ0n) is 12.2. The van der Waals surface area contributed by atoms with Gasteiger partial charge in [-0.15, -0.1) is 11.3 Å². The van der Waals surface area contributed by atoms with Crippen molar-refractivity contribution in [1.29, 1.82) is 0 Å². The summed E-state index contributed by atoms with van der Waals surface area (Å²) in [5.41, 5.74) is 0. The first-order chi connectivity index (χ1) is 10.2. The molecule has 0 spiro atoms. The number of hydrogen-bond donors (Lipinski definition) is 0. The fourth-order valence-electron chi connectivity index (χ4n) is 2.77. The molecule has 1 saturated heterocycles. The molecule has 0 radical (unpaired) electrons. The van der Waals surface area contributed by atoms with Gasteiger partial charge in [-0.2, -0.15) is 0 Å². The van der Waals surface area contributed by atoms with Gasteiger partial charge in [0, 0.05) is 55.4 Å². The molecule has 21 heavy (non-hydrogen) atoms. The van der Waals surface area contributed by atoms with Crippen LogP contribution in [0.2, 0.25) is 0 Å². The second kappa shape index (κ2) is 6.39. The molecule has 112 valence electrons. The molecule has 0 aromatic carbocycles. The molecule has 6 heteroatoms. The number of hydrogen-bond acceptors (Lipinski definition) is 4. The van der Waals surface area contributed by atoms with E-state index in [1.165, 1.54) is 9.88 Å². The molecule has 0 aliphatic carbocycles. The molecule has 1 aliphatic heterocycles. The third kappa shape index (κ3) is 3.50. The SMILES string of the molecule is Cc1cnc(C2CCCN(C(=O)CCn3ccnc3)C2)s1. The summed E-state index contributed by atoms with van der Waals surface area (Å²) in [6.45, 7) is 4.48. The lowest BCUT2D eigenvalue weighted by Crippen LogP contribution is -2.39. The maximum Gasteiger partial charge on any atom is 0.224 e. The van der Waals surface area contributed by atoms with E-state index in [0.29, 0.717) is 18.9 Å². The van der Waals surface area contributed by atoms with Crippen LogP contribution in [0.15, 0.2) is 24.9 Å². The van der Waals surface area contributed by atoms with Gasteiger partial charge in [-0.3, -0.25) is 4.79 Å². The lowest BCUT2D eigenvalue weighted by atomic mass is 9.98. The van der Waals surface area contributed by atoms with Crippen molar-refractivity contribution in [3.05, 3.63) is 34.8 Å². The van der Waals surface area contributed by atoms with Crippen molar-refractivity contribution in [3.63, 3.8) is 0 Å². The van der Waals surface area contributed by atoms with E-state index in [1.54, 1.807) is 23.9 Å². The van der Waals surface area contributed by atoms with Crippen LogP contribution in [0.5, 0.6) is 0 Å². The Morgan fingerprint density at radius 2 is 2.43 bits per heavy atom. The van der Waals surface area contributed by atoms with Crippen LogP contribution in [0.3, 0.4) is 0 Å². The summed E-state index contributed by atoms with van der Waals surface area (Å²) in [7, 11) is 0. The Balaban J connectivity index is 1.56. The summed E-state index contributed by atoms with van der Waals surface area (Å²) in [5, 5.41) is 1.18. The molecular weight excluding hydrogens is 284 g/mol. The van der Waals surface area contributed by atoms with Crippen LogP contribution >= 0.6 is 11.3 Å². The molecule has 3 heterocycles. The Morgan fingerprint density at radius 1 is 1.52 bits per heavy atom. The number of likely N-dealkylation sites (tertiary alicyclic amines) is 1. The maximum absolute atomic E-state index is 12.4.